The van der Waals surface area contributed by atoms with Gasteiger partial charge in [0.25, 0.3) is 0 Å². The van der Waals surface area contributed by atoms with Gasteiger partial charge in [-0.25, -0.2) is 0 Å². The first-order chi connectivity index (χ1) is 9.31. The molecule has 1 radical (unpaired) electrons. The van der Waals surface area contributed by atoms with Crippen LogP contribution in [-0.2, 0) is 0 Å². The fourth-order valence-electron chi connectivity index (χ4n) is 2.46. The van der Waals surface area contributed by atoms with Gasteiger partial charge in [-0.05, 0) is 36.2 Å². The van der Waals surface area contributed by atoms with E-state index in [-0.39, 0.29) is 6.04 Å². The van der Waals surface area contributed by atoms with Gasteiger partial charge in [-0.2, -0.15) is 0 Å². The second-order valence-corrected chi connectivity index (χ2v) is 4.89. The van der Waals surface area contributed by atoms with Crippen LogP contribution in [0.1, 0.15) is 18.0 Å². The van der Waals surface area contributed by atoms with Crippen molar-refractivity contribution in [2.75, 3.05) is 0 Å². The van der Waals surface area contributed by atoms with Crippen LogP contribution >= 0.6 is 11.6 Å². The molecule has 0 saturated carbocycles. The number of hydrogen-bond acceptors (Lipinski definition) is 1. The van der Waals surface area contributed by atoms with E-state index in [1.807, 2.05) is 24.4 Å². The first kappa shape index (κ1) is 12.2. The van der Waals surface area contributed by atoms with Crippen LogP contribution in [0.4, 0.5) is 0 Å². The molecule has 2 nitrogen and oxygen atoms in total. The van der Waals surface area contributed by atoms with Gasteiger partial charge in [0.1, 0.15) is 0 Å². The highest BCUT2D eigenvalue weighted by molar-refractivity contribution is 6.35. The monoisotopic (exact) mass is 269 g/mol. The number of aromatic nitrogens is 2. The summed E-state index contributed by atoms with van der Waals surface area (Å²) in [6, 6.07) is 12.2. The van der Waals surface area contributed by atoms with Crippen LogP contribution in [0.5, 0.6) is 0 Å². The maximum Gasteiger partial charge on any atom is 0.0601 e. The summed E-state index contributed by atoms with van der Waals surface area (Å²) in [5.74, 6) is 0. The molecule has 2 aromatic heterocycles. The summed E-state index contributed by atoms with van der Waals surface area (Å²) in [5.41, 5.74) is 2.29. The van der Waals surface area contributed by atoms with Gasteiger partial charge in [0.15, 0.2) is 0 Å². The van der Waals surface area contributed by atoms with Crippen LogP contribution in [0.25, 0.3) is 10.9 Å². The van der Waals surface area contributed by atoms with Crippen LogP contribution in [0, 0.1) is 6.92 Å². The van der Waals surface area contributed by atoms with Gasteiger partial charge in [0, 0.05) is 29.0 Å². The van der Waals surface area contributed by atoms with Crippen molar-refractivity contribution in [1.29, 1.82) is 0 Å². The number of pyridine rings is 1. The quantitative estimate of drug-likeness (QED) is 0.684. The second-order valence-electron chi connectivity index (χ2n) is 4.49. The van der Waals surface area contributed by atoms with Crippen LogP contribution in [0.15, 0.2) is 55.0 Å². The number of rotatable bonds is 3. The largest absolute Gasteiger partial charge is 0.340 e. The van der Waals surface area contributed by atoms with Gasteiger partial charge in [0.2, 0.25) is 0 Å². The van der Waals surface area contributed by atoms with Crippen molar-refractivity contribution in [3.05, 3.63) is 72.5 Å². The lowest BCUT2D eigenvalue weighted by atomic mass is 10.1. The lowest BCUT2D eigenvalue weighted by Gasteiger charge is -2.18. The number of nitrogens with zero attached hydrogens (tertiary/aromatic N) is 2. The molecule has 0 spiro atoms. The fourth-order valence-corrected chi connectivity index (χ4v) is 2.69. The normalized spacial score (nSPS) is 12.7. The number of benzene rings is 1. The molecule has 0 N–H and O–H groups in total. The summed E-state index contributed by atoms with van der Waals surface area (Å²) >= 11 is 6.22. The van der Waals surface area contributed by atoms with Crippen molar-refractivity contribution in [1.82, 2.24) is 9.55 Å². The minimum atomic E-state index is 0.185. The van der Waals surface area contributed by atoms with Crippen LogP contribution in [0.3, 0.4) is 0 Å². The molecule has 3 aromatic rings. The topological polar surface area (TPSA) is 17.8 Å². The highest BCUT2D eigenvalue weighted by atomic mass is 35.5. The third-order valence-corrected chi connectivity index (χ3v) is 3.72. The van der Waals surface area contributed by atoms with Crippen LogP contribution < -0.4 is 0 Å². The molecule has 3 heteroatoms. The van der Waals surface area contributed by atoms with Crippen LogP contribution in [0.2, 0.25) is 5.02 Å². The Morgan fingerprint density at radius 3 is 2.84 bits per heavy atom. The van der Waals surface area contributed by atoms with E-state index in [0.29, 0.717) is 0 Å². The Morgan fingerprint density at radius 2 is 2.11 bits per heavy atom. The van der Waals surface area contributed by atoms with Gasteiger partial charge in [-0.1, -0.05) is 30.7 Å². The summed E-state index contributed by atoms with van der Waals surface area (Å²) < 4.78 is 2.21. The predicted octanol–water partition coefficient (Wildman–Crippen LogP) is 4.50. The zero-order valence-corrected chi connectivity index (χ0v) is 11.2. The van der Waals surface area contributed by atoms with E-state index in [0.717, 1.165) is 27.9 Å². The number of halogens is 1. The third kappa shape index (κ3) is 2.13. The van der Waals surface area contributed by atoms with Gasteiger partial charge >= 0.3 is 0 Å². The SMILES string of the molecule is [CH2]CC(c1cccnc1)n1ccc2c(Cl)cccc21. The Morgan fingerprint density at radius 1 is 1.21 bits per heavy atom. The van der Waals surface area contributed by atoms with Crippen molar-refractivity contribution in [3.8, 4) is 0 Å². The van der Waals surface area contributed by atoms with Gasteiger partial charge in [0.05, 0.1) is 11.6 Å². The number of fused-ring (bicyclic) bond motifs is 1. The zero-order valence-electron chi connectivity index (χ0n) is 10.5. The van der Waals surface area contributed by atoms with E-state index in [2.05, 4.69) is 40.9 Å². The van der Waals surface area contributed by atoms with E-state index >= 15 is 0 Å². The molecule has 0 amide bonds. The molecule has 1 unspecified atom stereocenters. The first-order valence-corrected chi connectivity index (χ1v) is 6.63. The van der Waals surface area contributed by atoms with Gasteiger partial charge < -0.3 is 4.57 Å². The molecule has 0 aliphatic carbocycles. The Hall–Kier alpha value is -1.80. The van der Waals surface area contributed by atoms with E-state index in [1.165, 1.54) is 0 Å². The molecule has 19 heavy (non-hydrogen) atoms. The maximum atomic E-state index is 6.22. The lowest BCUT2D eigenvalue weighted by molar-refractivity contribution is 0.609. The van der Waals surface area contributed by atoms with Crippen molar-refractivity contribution < 1.29 is 0 Å². The molecule has 95 valence electrons. The van der Waals surface area contributed by atoms with Crippen molar-refractivity contribution >= 4 is 22.5 Å². The van der Waals surface area contributed by atoms with E-state index < -0.39 is 0 Å². The Bertz CT molecular complexity index is 688. The molecule has 3 rings (SSSR count). The highest BCUT2D eigenvalue weighted by Gasteiger charge is 2.14. The third-order valence-electron chi connectivity index (χ3n) is 3.39. The predicted molar refractivity (Wildman–Crippen MR) is 79.3 cm³/mol. The summed E-state index contributed by atoms with van der Waals surface area (Å²) in [4.78, 5) is 4.19. The van der Waals surface area contributed by atoms with Gasteiger partial charge in [-0.15, -0.1) is 0 Å². The maximum absolute atomic E-state index is 6.22. The smallest absolute Gasteiger partial charge is 0.0601 e. The molecule has 0 bridgehead atoms. The van der Waals surface area contributed by atoms with Crippen molar-refractivity contribution in [2.45, 2.75) is 12.5 Å². The molecule has 0 fully saturated rings. The zero-order chi connectivity index (χ0) is 13.2. The summed E-state index contributed by atoms with van der Waals surface area (Å²) in [5, 5.41) is 1.86. The summed E-state index contributed by atoms with van der Waals surface area (Å²) in [6.07, 6.45) is 6.52. The minimum absolute atomic E-state index is 0.185. The first-order valence-electron chi connectivity index (χ1n) is 6.25. The molecule has 1 atom stereocenters. The average molecular weight is 270 g/mol. The molecule has 0 aliphatic rings. The second kappa shape index (κ2) is 5.06. The van der Waals surface area contributed by atoms with E-state index in [9.17, 15) is 0 Å². The minimum Gasteiger partial charge on any atom is -0.340 e. The summed E-state index contributed by atoms with van der Waals surface area (Å²) in [7, 11) is 0. The average Bonchev–Trinajstić information content (AvgIpc) is 2.87. The van der Waals surface area contributed by atoms with E-state index in [4.69, 9.17) is 11.6 Å². The van der Waals surface area contributed by atoms with Gasteiger partial charge in [-0.3, -0.25) is 4.98 Å². The molecule has 0 saturated heterocycles. The van der Waals surface area contributed by atoms with E-state index in [1.54, 1.807) is 6.20 Å². The van der Waals surface area contributed by atoms with Crippen LogP contribution in [-0.4, -0.2) is 9.55 Å². The molecule has 0 aliphatic heterocycles. The Labute approximate surface area is 117 Å². The number of hydrogen-bond donors (Lipinski definition) is 0. The standard InChI is InChI=1S/C16H14ClN2/c1-2-15(12-5-4-9-18-11-12)19-10-8-13-14(17)6-3-7-16(13)19/h3-11,15H,1-2H2. The summed E-state index contributed by atoms with van der Waals surface area (Å²) in [6.45, 7) is 4.07. The van der Waals surface area contributed by atoms with Crippen molar-refractivity contribution in [3.63, 3.8) is 0 Å². The fraction of sp³-hybridized carbons (Fsp3) is 0.125. The molecular weight excluding hydrogens is 256 g/mol. The Kier molecular flexibility index (Phi) is 3.26. The highest BCUT2D eigenvalue weighted by Crippen LogP contribution is 2.30. The molecular formula is C16H14ClN2. The molecule has 2 heterocycles. The lowest BCUT2D eigenvalue weighted by Crippen LogP contribution is -2.08. The molecule has 1 aromatic carbocycles. The Balaban J connectivity index is 2.15. The van der Waals surface area contributed by atoms with Crippen molar-refractivity contribution in [2.24, 2.45) is 0 Å².